The molecule has 5 nitrogen and oxygen atoms in total. The van der Waals surface area contributed by atoms with Gasteiger partial charge in [0, 0.05) is 12.4 Å². The van der Waals surface area contributed by atoms with Crippen molar-refractivity contribution in [2.45, 2.75) is 0 Å². The fourth-order valence-corrected chi connectivity index (χ4v) is 1.57. The van der Waals surface area contributed by atoms with Gasteiger partial charge >= 0.3 is 6.09 Å². The Bertz CT molecular complexity index is 558. The first-order chi connectivity index (χ1) is 7.65. The number of fused-ring (bicyclic) bond motifs is 1. The number of para-hydroxylation sites is 1. The highest BCUT2D eigenvalue weighted by Gasteiger charge is 2.20. The maximum Gasteiger partial charge on any atom is 0.411 e. The summed E-state index contributed by atoms with van der Waals surface area (Å²) in [6, 6.07) is 6.90. The van der Waals surface area contributed by atoms with E-state index in [1.807, 2.05) is 0 Å². The van der Waals surface area contributed by atoms with Crippen LogP contribution >= 0.6 is 0 Å². The van der Waals surface area contributed by atoms with E-state index in [0.29, 0.717) is 17.3 Å². The number of aldehydes is 1. The molecule has 1 amide bonds. The molecule has 0 unspecified atom stereocenters. The summed E-state index contributed by atoms with van der Waals surface area (Å²) < 4.78 is 5.25. The third-order valence-electron chi connectivity index (χ3n) is 2.32. The summed E-state index contributed by atoms with van der Waals surface area (Å²) in [7, 11) is 1.37. The van der Waals surface area contributed by atoms with Crippen LogP contribution in [0.25, 0.3) is 11.0 Å². The first kappa shape index (κ1) is 10.2. The molecule has 0 bridgehead atoms. The SMILES string of the molecule is CN(C(=O)O)c1c(C=O)oc2ccccc12. The van der Waals surface area contributed by atoms with Crippen LogP contribution in [-0.2, 0) is 0 Å². The lowest BCUT2D eigenvalue weighted by Crippen LogP contribution is -2.24. The van der Waals surface area contributed by atoms with Crippen LogP contribution in [0.15, 0.2) is 28.7 Å². The standard InChI is InChI=1S/C11H9NO4/c1-12(11(14)15)10-7-4-2-3-5-8(7)16-9(10)6-13/h2-6H,1H3,(H,14,15). The quantitative estimate of drug-likeness (QED) is 0.787. The number of benzene rings is 1. The minimum absolute atomic E-state index is 0.0195. The lowest BCUT2D eigenvalue weighted by Gasteiger charge is -2.11. The van der Waals surface area contributed by atoms with Crippen molar-refractivity contribution in [2.24, 2.45) is 0 Å². The molecular weight excluding hydrogens is 210 g/mol. The van der Waals surface area contributed by atoms with Gasteiger partial charge in [-0.1, -0.05) is 12.1 Å². The Balaban J connectivity index is 2.73. The number of carbonyl (C=O) groups is 2. The molecule has 0 saturated heterocycles. The second-order valence-electron chi connectivity index (χ2n) is 3.27. The predicted molar refractivity (Wildman–Crippen MR) is 58.0 cm³/mol. The van der Waals surface area contributed by atoms with E-state index in [9.17, 15) is 9.59 Å². The first-order valence-corrected chi connectivity index (χ1v) is 4.58. The average Bonchev–Trinajstić information content (AvgIpc) is 2.66. The van der Waals surface area contributed by atoms with Crippen molar-refractivity contribution >= 4 is 29.0 Å². The van der Waals surface area contributed by atoms with Crippen LogP contribution in [0.5, 0.6) is 0 Å². The van der Waals surface area contributed by atoms with Gasteiger partial charge in [-0.25, -0.2) is 4.79 Å². The minimum Gasteiger partial charge on any atom is -0.465 e. The maximum atomic E-state index is 10.9. The summed E-state index contributed by atoms with van der Waals surface area (Å²) in [5.74, 6) is 0.0195. The van der Waals surface area contributed by atoms with Gasteiger partial charge in [-0.2, -0.15) is 0 Å². The van der Waals surface area contributed by atoms with Gasteiger partial charge in [0.25, 0.3) is 0 Å². The van der Waals surface area contributed by atoms with Gasteiger partial charge in [-0.15, -0.1) is 0 Å². The maximum absolute atomic E-state index is 10.9. The number of hydrogen-bond acceptors (Lipinski definition) is 3. The Kier molecular flexibility index (Phi) is 2.36. The van der Waals surface area contributed by atoms with Crippen LogP contribution < -0.4 is 4.90 Å². The summed E-state index contributed by atoms with van der Waals surface area (Å²) >= 11 is 0. The average molecular weight is 219 g/mol. The molecule has 1 aromatic heterocycles. The van der Waals surface area contributed by atoms with E-state index in [1.165, 1.54) is 7.05 Å². The van der Waals surface area contributed by atoms with Crippen molar-refractivity contribution in [3.05, 3.63) is 30.0 Å². The Labute approximate surface area is 90.9 Å². The first-order valence-electron chi connectivity index (χ1n) is 4.58. The van der Waals surface area contributed by atoms with Crippen LogP contribution in [0.4, 0.5) is 10.5 Å². The number of carbonyl (C=O) groups excluding carboxylic acids is 1. The normalized spacial score (nSPS) is 10.3. The number of carboxylic acid groups (broad SMARTS) is 1. The van der Waals surface area contributed by atoms with Gasteiger partial charge < -0.3 is 9.52 Å². The van der Waals surface area contributed by atoms with E-state index in [2.05, 4.69) is 0 Å². The summed E-state index contributed by atoms with van der Waals surface area (Å²) in [5, 5.41) is 9.51. The molecule has 0 aliphatic carbocycles. The summed E-state index contributed by atoms with van der Waals surface area (Å²) in [6.45, 7) is 0. The number of furan rings is 1. The van der Waals surface area contributed by atoms with E-state index in [0.717, 1.165) is 4.90 Å². The van der Waals surface area contributed by atoms with Crippen molar-refractivity contribution < 1.29 is 19.1 Å². The third kappa shape index (κ3) is 1.42. The lowest BCUT2D eigenvalue weighted by molar-refractivity contribution is 0.110. The second kappa shape index (κ2) is 3.69. The zero-order valence-corrected chi connectivity index (χ0v) is 8.51. The molecule has 0 aliphatic heterocycles. The Morgan fingerprint density at radius 1 is 1.44 bits per heavy atom. The molecule has 82 valence electrons. The third-order valence-corrected chi connectivity index (χ3v) is 2.32. The van der Waals surface area contributed by atoms with Crippen molar-refractivity contribution in [2.75, 3.05) is 11.9 Å². The van der Waals surface area contributed by atoms with Crippen LogP contribution in [0, 0.1) is 0 Å². The molecule has 0 atom stereocenters. The topological polar surface area (TPSA) is 70.8 Å². The lowest BCUT2D eigenvalue weighted by atomic mass is 10.2. The monoisotopic (exact) mass is 219 g/mol. The van der Waals surface area contributed by atoms with E-state index >= 15 is 0 Å². The molecule has 1 N–H and O–H groups in total. The van der Waals surface area contributed by atoms with Gasteiger partial charge in [-0.05, 0) is 12.1 Å². The van der Waals surface area contributed by atoms with Crippen LogP contribution in [-0.4, -0.2) is 24.5 Å². The Hall–Kier alpha value is -2.30. The zero-order chi connectivity index (χ0) is 11.7. The molecule has 0 fully saturated rings. The van der Waals surface area contributed by atoms with Crippen molar-refractivity contribution in [1.82, 2.24) is 0 Å². The van der Waals surface area contributed by atoms with Gasteiger partial charge in [0.05, 0.1) is 0 Å². The van der Waals surface area contributed by atoms with E-state index in [1.54, 1.807) is 24.3 Å². The predicted octanol–water partition coefficient (Wildman–Crippen LogP) is 2.36. The number of amides is 1. The zero-order valence-electron chi connectivity index (χ0n) is 8.51. The van der Waals surface area contributed by atoms with E-state index in [4.69, 9.17) is 9.52 Å². The van der Waals surface area contributed by atoms with Crippen LogP contribution in [0.3, 0.4) is 0 Å². The molecule has 5 heteroatoms. The molecule has 0 radical (unpaired) electrons. The van der Waals surface area contributed by atoms with Crippen molar-refractivity contribution in [3.63, 3.8) is 0 Å². The van der Waals surface area contributed by atoms with Crippen LogP contribution in [0.1, 0.15) is 10.6 Å². The molecular formula is C11H9NO4. The smallest absolute Gasteiger partial charge is 0.411 e. The summed E-state index contributed by atoms with van der Waals surface area (Å²) in [4.78, 5) is 22.7. The highest BCUT2D eigenvalue weighted by atomic mass is 16.4. The van der Waals surface area contributed by atoms with Crippen molar-refractivity contribution in [1.29, 1.82) is 0 Å². The highest BCUT2D eigenvalue weighted by molar-refractivity contribution is 6.05. The van der Waals surface area contributed by atoms with Gasteiger partial charge in [0.15, 0.2) is 12.0 Å². The molecule has 0 aliphatic rings. The molecule has 1 heterocycles. The van der Waals surface area contributed by atoms with Crippen LogP contribution in [0.2, 0.25) is 0 Å². The highest BCUT2D eigenvalue weighted by Crippen LogP contribution is 2.32. The van der Waals surface area contributed by atoms with E-state index < -0.39 is 6.09 Å². The fourth-order valence-electron chi connectivity index (χ4n) is 1.57. The van der Waals surface area contributed by atoms with Gasteiger partial charge in [0.2, 0.25) is 0 Å². The molecule has 0 saturated carbocycles. The summed E-state index contributed by atoms with van der Waals surface area (Å²) in [5.41, 5.74) is 0.769. The number of rotatable bonds is 2. The van der Waals surface area contributed by atoms with Gasteiger partial charge in [-0.3, -0.25) is 9.69 Å². The minimum atomic E-state index is -1.14. The molecule has 0 spiro atoms. The molecule has 2 rings (SSSR count). The Morgan fingerprint density at radius 2 is 2.12 bits per heavy atom. The fraction of sp³-hybridized carbons (Fsp3) is 0.0909. The number of hydrogen-bond donors (Lipinski definition) is 1. The number of nitrogens with zero attached hydrogens (tertiary/aromatic N) is 1. The second-order valence-corrected chi connectivity index (χ2v) is 3.27. The summed E-state index contributed by atoms with van der Waals surface area (Å²) in [6.07, 6.45) is -0.635. The number of anilines is 1. The van der Waals surface area contributed by atoms with Crippen molar-refractivity contribution in [3.8, 4) is 0 Å². The largest absolute Gasteiger partial charge is 0.465 e. The molecule has 2 aromatic rings. The molecule has 16 heavy (non-hydrogen) atoms. The molecule has 1 aromatic carbocycles. The Morgan fingerprint density at radius 3 is 2.75 bits per heavy atom. The van der Waals surface area contributed by atoms with Gasteiger partial charge in [0.1, 0.15) is 11.3 Å². The van der Waals surface area contributed by atoms with E-state index in [-0.39, 0.29) is 11.4 Å².